The minimum atomic E-state index is -0.236. The van der Waals surface area contributed by atoms with Gasteiger partial charge in [-0.25, -0.2) is 0 Å². The van der Waals surface area contributed by atoms with Crippen LogP contribution in [0.5, 0.6) is 0 Å². The third-order valence-corrected chi connectivity index (χ3v) is 2.74. The van der Waals surface area contributed by atoms with Gasteiger partial charge in [-0.1, -0.05) is 20.8 Å². The van der Waals surface area contributed by atoms with E-state index in [1.54, 1.807) is 0 Å². The molecule has 0 aromatic rings. The second kappa shape index (κ2) is 3.97. The molecule has 0 saturated carbocycles. The van der Waals surface area contributed by atoms with Crippen LogP contribution in [-0.4, -0.2) is 24.2 Å². The second-order valence-electron chi connectivity index (χ2n) is 4.80. The van der Waals surface area contributed by atoms with E-state index >= 15 is 0 Å². The number of hydrogen-bond donors (Lipinski definition) is 1. The zero-order chi connectivity index (χ0) is 10.1. The van der Waals surface area contributed by atoms with Crippen LogP contribution in [0.3, 0.4) is 0 Å². The SMILES string of the molecule is CC(C)(C)C(=O)C1CNCC(Cl)C1. The standard InChI is InChI=1S/C10H18ClNO/c1-10(2,3)9(13)7-4-8(11)6-12-5-7/h7-8,12H,4-6H2,1-3H3. The molecule has 1 aliphatic heterocycles. The van der Waals surface area contributed by atoms with Crippen LogP contribution >= 0.6 is 11.6 Å². The minimum absolute atomic E-state index is 0.108. The van der Waals surface area contributed by atoms with E-state index in [1.807, 2.05) is 20.8 Å². The predicted octanol–water partition coefficient (Wildman–Crippen LogP) is 1.82. The van der Waals surface area contributed by atoms with Gasteiger partial charge < -0.3 is 5.32 Å². The Morgan fingerprint density at radius 2 is 2.00 bits per heavy atom. The Morgan fingerprint density at radius 3 is 2.46 bits per heavy atom. The Balaban J connectivity index is 2.56. The third kappa shape index (κ3) is 2.96. The summed E-state index contributed by atoms with van der Waals surface area (Å²) in [5.41, 5.74) is -0.236. The van der Waals surface area contributed by atoms with Crippen molar-refractivity contribution in [2.45, 2.75) is 32.6 Å². The summed E-state index contributed by atoms with van der Waals surface area (Å²) in [6, 6.07) is 0. The van der Waals surface area contributed by atoms with Crippen molar-refractivity contribution in [2.75, 3.05) is 13.1 Å². The molecule has 76 valence electrons. The zero-order valence-corrected chi connectivity index (χ0v) is 9.32. The van der Waals surface area contributed by atoms with Crippen molar-refractivity contribution in [1.82, 2.24) is 5.32 Å². The highest BCUT2D eigenvalue weighted by atomic mass is 35.5. The van der Waals surface area contributed by atoms with Crippen LogP contribution in [0.1, 0.15) is 27.2 Å². The van der Waals surface area contributed by atoms with Gasteiger partial charge in [-0.05, 0) is 6.42 Å². The molecule has 1 saturated heterocycles. The number of rotatable bonds is 1. The number of carbonyl (C=O) groups excluding carboxylic acids is 1. The van der Waals surface area contributed by atoms with E-state index in [1.165, 1.54) is 0 Å². The molecule has 2 nitrogen and oxygen atoms in total. The van der Waals surface area contributed by atoms with Gasteiger partial charge in [-0.15, -0.1) is 11.6 Å². The Labute approximate surface area is 85.0 Å². The van der Waals surface area contributed by atoms with E-state index in [0.717, 1.165) is 19.5 Å². The quantitative estimate of drug-likeness (QED) is 0.659. The van der Waals surface area contributed by atoms with Gasteiger partial charge in [0, 0.05) is 29.8 Å². The molecule has 1 N–H and O–H groups in total. The van der Waals surface area contributed by atoms with E-state index in [-0.39, 0.29) is 16.7 Å². The molecule has 3 heteroatoms. The van der Waals surface area contributed by atoms with Crippen molar-refractivity contribution in [3.05, 3.63) is 0 Å². The van der Waals surface area contributed by atoms with Gasteiger partial charge >= 0.3 is 0 Å². The fourth-order valence-corrected chi connectivity index (χ4v) is 2.03. The maximum Gasteiger partial charge on any atom is 0.142 e. The smallest absolute Gasteiger partial charge is 0.142 e. The van der Waals surface area contributed by atoms with Crippen molar-refractivity contribution in [3.63, 3.8) is 0 Å². The normalized spacial score (nSPS) is 30.2. The fraction of sp³-hybridized carbons (Fsp3) is 0.900. The topological polar surface area (TPSA) is 29.1 Å². The van der Waals surface area contributed by atoms with Crippen LogP contribution in [-0.2, 0) is 4.79 Å². The van der Waals surface area contributed by atoms with E-state index in [4.69, 9.17) is 11.6 Å². The number of alkyl halides is 1. The van der Waals surface area contributed by atoms with Gasteiger partial charge in [-0.3, -0.25) is 4.79 Å². The Morgan fingerprint density at radius 1 is 1.38 bits per heavy atom. The lowest BCUT2D eigenvalue weighted by Gasteiger charge is -2.30. The lowest BCUT2D eigenvalue weighted by atomic mass is 9.80. The first-order chi connectivity index (χ1) is 5.91. The molecule has 2 atom stereocenters. The highest BCUT2D eigenvalue weighted by molar-refractivity contribution is 6.21. The highest BCUT2D eigenvalue weighted by Crippen LogP contribution is 2.25. The second-order valence-corrected chi connectivity index (χ2v) is 5.42. The van der Waals surface area contributed by atoms with Gasteiger partial charge in [0.2, 0.25) is 0 Å². The molecule has 2 unspecified atom stereocenters. The number of piperidine rings is 1. The zero-order valence-electron chi connectivity index (χ0n) is 8.56. The number of halogens is 1. The van der Waals surface area contributed by atoms with Crippen molar-refractivity contribution >= 4 is 17.4 Å². The fourth-order valence-electron chi connectivity index (χ4n) is 1.70. The summed E-state index contributed by atoms with van der Waals surface area (Å²) in [6.45, 7) is 7.52. The summed E-state index contributed by atoms with van der Waals surface area (Å²) in [4.78, 5) is 11.9. The first-order valence-electron chi connectivity index (χ1n) is 4.80. The van der Waals surface area contributed by atoms with Crippen molar-refractivity contribution in [2.24, 2.45) is 11.3 Å². The molecule has 1 fully saturated rings. The molecule has 0 amide bonds. The molecule has 1 heterocycles. The largest absolute Gasteiger partial charge is 0.315 e. The summed E-state index contributed by atoms with van der Waals surface area (Å²) >= 11 is 5.99. The number of nitrogens with one attached hydrogen (secondary N) is 1. The van der Waals surface area contributed by atoms with Crippen LogP contribution in [0.15, 0.2) is 0 Å². The number of Topliss-reactive ketones (excluding diaryl/α,β-unsaturated/α-hetero) is 1. The summed E-state index contributed by atoms with van der Waals surface area (Å²) in [5.74, 6) is 0.432. The van der Waals surface area contributed by atoms with Gasteiger partial charge in [0.05, 0.1) is 0 Å². The first-order valence-corrected chi connectivity index (χ1v) is 5.24. The monoisotopic (exact) mass is 203 g/mol. The third-order valence-electron chi connectivity index (χ3n) is 2.41. The molecular formula is C10H18ClNO. The molecular weight excluding hydrogens is 186 g/mol. The average Bonchev–Trinajstić information content (AvgIpc) is 2.01. The Kier molecular flexibility index (Phi) is 3.36. The van der Waals surface area contributed by atoms with Gasteiger partial charge in [-0.2, -0.15) is 0 Å². The lowest BCUT2D eigenvalue weighted by Crippen LogP contribution is -2.43. The van der Waals surface area contributed by atoms with Crippen molar-refractivity contribution in [3.8, 4) is 0 Å². The molecule has 1 aliphatic rings. The molecule has 0 aliphatic carbocycles. The first kappa shape index (κ1) is 11.0. The molecule has 0 bridgehead atoms. The van der Waals surface area contributed by atoms with Crippen LogP contribution in [0.25, 0.3) is 0 Å². The molecule has 0 radical (unpaired) electrons. The Bertz CT molecular complexity index is 198. The summed E-state index contributed by atoms with van der Waals surface area (Å²) < 4.78 is 0. The van der Waals surface area contributed by atoms with Crippen molar-refractivity contribution < 1.29 is 4.79 Å². The van der Waals surface area contributed by atoms with Crippen molar-refractivity contribution in [1.29, 1.82) is 0 Å². The number of ketones is 1. The van der Waals surface area contributed by atoms with Crippen LogP contribution in [0.4, 0.5) is 0 Å². The van der Waals surface area contributed by atoms with Gasteiger partial charge in [0.15, 0.2) is 0 Å². The molecule has 0 aromatic heterocycles. The van der Waals surface area contributed by atoms with Crippen LogP contribution in [0, 0.1) is 11.3 Å². The highest BCUT2D eigenvalue weighted by Gasteiger charge is 2.32. The minimum Gasteiger partial charge on any atom is -0.315 e. The number of hydrogen-bond acceptors (Lipinski definition) is 2. The van der Waals surface area contributed by atoms with Crippen LogP contribution in [0.2, 0.25) is 0 Å². The summed E-state index contributed by atoms with van der Waals surface area (Å²) in [5, 5.41) is 3.30. The molecule has 0 spiro atoms. The summed E-state index contributed by atoms with van der Waals surface area (Å²) in [6.07, 6.45) is 0.824. The Hall–Kier alpha value is -0.0800. The van der Waals surface area contributed by atoms with Gasteiger partial charge in [0.25, 0.3) is 0 Å². The average molecular weight is 204 g/mol. The summed E-state index contributed by atoms with van der Waals surface area (Å²) in [7, 11) is 0. The van der Waals surface area contributed by atoms with Crippen LogP contribution < -0.4 is 5.32 Å². The maximum absolute atomic E-state index is 11.9. The van der Waals surface area contributed by atoms with E-state index in [9.17, 15) is 4.79 Å². The predicted molar refractivity (Wildman–Crippen MR) is 55.1 cm³/mol. The molecule has 0 aromatic carbocycles. The van der Waals surface area contributed by atoms with E-state index in [0.29, 0.717) is 5.78 Å². The van der Waals surface area contributed by atoms with E-state index < -0.39 is 0 Å². The molecule has 13 heavy (non-hydrogen) atoms. The molecule has 1 rings (SSSR count). The maximum atomic E-state index is 11.9. The van der Waals surface area contributed by atoms with E-state index in [2.05, 4.69) is 5.32 Å². The lowest BCUT2D eigenvalue weighted by molar-refractivity contribution is -0.130. The number of carbonyl (C=O) groups is 1. The van der Waals surface area contributed by atoms with Gasteiger partial charge in [0.1, 0.15) is 5.78 Å².